The lowest BCUT2D eigenvalue weighted by molar-refractivity contribution is 1.18. The lowest BCUT2D eigenvalue weighted by Gasteiger charge is -2.26. The molecule has 11 aromatic rings. The Hall–Kier alpha value is -9.87. The Labute approximate surface area is 394 Å². The van der Waals surface area contributed by atoms with Crippen LogP contribution in [0.1, 0.15) is 5.56 Å². The zero-order valence-corrected chi connectivity index (χ0v) is 36.5. The fraction of sp³-hybridized carbons (Fsp3) is 0. The van der Waals surface area contributed by atoms with Crippen molar-refractivity contribution in [3.63, 3.8) is 0 Å². The zero-order chi connectivity index (χ0) is 46.0. The van der Waals surface area contributed by atoms with Gasteiger partial charge in [-0.05, 0) is 95.1 Å². The topological polar surface area (TPSA) is 66.5 Å². The van der Waals surface area contributed by atoms with E-state index in [0.29, 0.717) is 28.5 Å². The predicted octanol–water partition coefficient (Wildman–Crippen LogP) is 16.4. The van der Waals surface area contributed by atoms with Crippen molar-refractivity contribution in [2.45, 2.75) is 0 Å². The lowest BCUT2D eigenvalue weighted by Crippen LogP contribution is -2.09. The van der Waals surface area contributed by atoms with Gasteiger partial charge in [0.05, 0.1) is 47.2 Å². The molecule has 316 valence electrons. The summed E-state index contributed by atoms with van der Waals surface area (Å²) in [6.07, 6.45) is 0. The van der Waals surface area contributed by atoms with Gasteiger partial charge >= 0.3 is 0 Å². The molecule has 0 aliphatic rings. The molecule has 9 aromatic carbocycles. The van der Waals surface area contributed by atoms with Crippen molar-refractivity contribution in [3.05, 3.63) is 253 Å². The first-order valence-electron chi connectivity index (χ1n) is 22.1. The lowest BCUT2D eigenvalue weighted by atomic mass is 9.95. The van der Waals surface area contributed by atoms with Crippen molar-refractivity contribution in [1.82, 2.24) is 14.5 Å². The van der Waals surface area contributed by atoms with E-state index >= 15 is 0 Å². The van der Waals surface area contributed by atoms with Crippen LogP contribution in [0.3, 0.4) is 0 Å². The number of hydrogen-bond acceptors (Lipinski definition) is 4. The van der Waals surface area contributed by atoms with Crippen molar-refractivity contribution >= 4 is 50.2 Å². The molecule has 2 heterocycles. The predicted molar refractivity (Wildman–Crippen MR) is 275 cm³/mol. The van der Waals surface area contributed by atoms with Gasteiger partial charge in [-0.15, -0.1) is 0 Å². The highest BCUT2D eigenvalue weighted by Gasteiger charge is 2.19. The first kappa shape index (κ1) is 40.9. The standard InChI is InChI=1S/C61H37N7/c1-63-48-24-30-50(31-25-48)67(51-32-26-49(64-2)27-33-51)53-34-36-60-56(38-53)55-15-9-10-16-59(55)68(60)52-28-21-42(22-29-52)41-17-19-43(20-18-41)46-23-35-54(47(37-46)40-62)58-39-57(44-11-5-3-6-12-44)65-61(66-58)45-13-7-4-8-14-45/h3-39H. The third-order valence-electron chi connectivity index (χ3n) is 12.3. The minimum atomic E-state index is 0.539. The van der Waals surface area contributed by atoms with Gasteiger partial charge in [0, 0.05) is 50.2 Å². The SMILES string of the molecule is [C-]#[N+]c1ccc(N(c2ccc([N+]#[C-])cc2)c2ccc3c(c2)c2ccccc2n3-c2ccc(-c3ccc(-c4ccc(-c5cc(-c6ccccc6)nc(-c6ccccc6)n5)c(C#N)c4)cc3)cc2)cc1. The van der Waals surface area contributed by atoms with Crippen molar-refractivity contribution in [1.29, 1.82) is 5.26 Å². The Morgan fingerprint density at radius 3 is 1.56 bits per heavy atom. The first-order chi connectivity index (χ1) is 33.5. The molecule has 0 saturated carbocycles. The van der Waals surface area contributed by atoms with Crippen molar-refractivity contribution < 1.29 is 0 Å². The molecule has 0 amide bonds. The number of anilines is 3. The fourth-order valence-electron chi connectivity index (χ4n) is 8.93. The summed E-state index contributed by atoms with van der Waals surface area (Å²) in [4.78, 5) is 19.2. The summed E-state index contributed by atoms with van der Waals surface area (Å²) in [5.41, 5.74) is 16.0. The summed E-state index contributed by atoms with van der Waals surface area (Å²) in [6.45, 7) is 15.0. The van der Waals surface area contributed by atoms with Crippen LogP contribution >= 0.6 is 0 Å². The van der Waals surface area contributed by atoms with Crippen LogP contribution in [-0.2, 0) is 0 Å². The third kappa shape index (κ3) is 7.67. The molecule has 0 N–H and O–H groups in total. The summed E-state index contributed by atoms with van der Waals surface area (Å²) < 4.78 is 2.31. The van der Waals surface area contributed by atoms with Crippen LogP contribution < -0.4 is 4.90 Å². The highest BCUT2D eigenvalue weighted by Crippen LogP contribution is 2.41. The molecular weight excluding hydrogens is 831 g/mol. The quantitative estimate of drug-likeness (QED) is 0.136. The number of fused-ring (bicyclic) bond motifs is 3. The van der Waals surface area contributed by atoms with Crippen molar-refractivity contribution in [3.8, 4) is 67.9 Å². The van der Waals surface area contributed by atoms with Crippen LogP contribution in [0.2, 0.25) is 0 Å². The maximum Gasteiger partial charge on any atom is 0.187 e. The molecule has 0 atom stereocenters. The number of rotatable bonds is 9. The highest BCUT2D eigenvalue weighted by atomic mass is 15.1. The molecular formula is C61H37N7. The first-order valence-corrected chi connectivity index (χ1v) is 22.1. The molecule has 0 spiro atoms. The molecule has 0 bridgehead atoms. The molecule has 0 aliphatic heterocycles. The maximum atomic E-state index is 10.5. The van der Waals surface area contributed by atoms with Gasteiger partial charge in [-0.2, -0.15) is 5.26 Å². The van der Waals surface area contributed by atoms with E-state index in [1.165, 1.54) is 0 Å². The minimum Gasteiger partial charge on any atom is -0.311 e. The van der Waals surface area contributed by atoms with Crippen LogP contribution in [0.15, 0.2) is 224 Å². The minimum absolute atomic E-state index is 0.539. The van der Waals surface area contributed by atoms with Crippen LogP contribution in [-0.4, -0.2) is 14.5 Å². The fourth-order valence-corrected chi connectivity index (χ4v) is 8.93. The second kappa shape index (κ2) is 17.6. The number of para-hydroxylation sites is 1. The average molecular weight is 868 g/mol. The summed E-state index contributed by atoms with van der Waals surface area (Å²) in [5, 5.41) is 12.7. The summed E-state index contributed by atoms with van der Waals surface area (Å²) in [5.74, 6) is 0.606. The number of benzene rings is 9. The molecule has 7 heteroatoms. The van der Waals surface area contributed by atoms with Gasteiger partial charge in [0.2, 0.25) is 0 Å². The van der Waals surface area contributed by atoms with Crippen LogP contribution in [0.4, 0.5) is 28.4 Å². The number of aromatic nitrogens is 3. The Bertz CT molecular complexity index is 3670. The van der Waals surface area contributed by atoms with Gasteiger partial charge in [-0.3, -0.25) is 0 Å². The molecule has 0 unspecified atom stereocenters. The summed E-state index contributed by atoms with van der Waals surface area (Å²) in [6, 6.07) is 77.7. The number of nitrogens with zero attached hydrogens (tertiary/aromatic N) is 7. The third-order valence-corrected chi connectivity index (χ3v) is 12.3. The molecule has 11 rings (SSSR count). The maximum absolute atomic E-state index is 10.5. The van der Waals surface area contributed by atoms with Gasteiger partial charge in [0.15, 0.2) is 17.2 Å². The van der Waals surface area contributed by atoms with Crippen LogP contribution in [0.25, 0.3) is 93.3 Å². The number of nitriles is 1. The Kier molecular flexibility index (Phi) is 10.6. The Balaban J connectivity index is 0.895. The second-order valence-corrected chi connectivity index (χ2v) is 16.3. The van der Waals surface area contributed by atoms with Crippen molar-refractivity contribution in [2.24, 2.45) is 0 Å². The molecule has 0 fully saturated rings. The number of hydrogen-bond donors (Lipinski definition) is 0. The smallest absolute Gasteiger partial charge is 0.187 e. The van der Waals surface area contributed by atoms with E-state index in [1.807, 2.05) is 127 Å². The van der Waals surface area contributed by atoms with E-state index in [1.54, 1.807) is 0 Å². The molecule has 7 nitrogen and oxygen atoms in total. The molecule has 0 aliphatic carbocycles. The van der Waals surface area contributed by atoms with E-state index in [0.717, 1.165) is 89.2 Å². The van der Waals surface area contributed by atoms with E-state index in [9.17, 15) is 5.26 Å². The normalized spacial score (nSPS) is 10.9. The van der Waals surface area contributed by atoms with Crippen LogP contribution in [0, 0.1) is 24.5 Å². The van der Waals surface area contributed by atoms with E-state index in [2.05, 4.69) is 122 Å². The van der Waals surface area contributed by atoms with Crippen molar-refractivity contribution in [2.75, 3.05) is 4.90 Å². The second-order valence-electron chi connectivity index (χ2n) is 16.3. The van der Waals surface area contributed by atoms with E-state index in [-0.39, 0.29) is 0 Å². The van der Waals surface area contributed by atoms with Gasteiger partial charge in [0.25, 0.3) is 0 Å². The summed E-state index contributed by atoms with van der Waals surface area (Å²) >= 11 is 0. The molecule has 0 saturated heterocycles. The molecule has 68 heavy (non-hydrogen) atoms. The largest absolute Gasteiger partial charge is 0.311 e. The van der Waals surface area contributed by atoms with Crippen LogP contribution in [0.5, 0.6) is 0 Å². The summed E-state index contributed by atoms with van der Waals surface area (Å²) in [7, 11) is 0. The average Bonchev–Trinajstić information content (AvgIpc) is 3.75. The Morgan fingerprint density at radius 1 is 0.426 bits per heavy atom. The van der Waals surface area contributed by atoms with Gasteiger partial charge < -0.3 is 9.47 Å². The molecule has 0 radical (unpaired) electrons. The monoisotopic (exact) mass is 867 g/mol. The highest BCUT2D eigenvalue weighted by molar-refractivity contribution is 6.10. The Morgan fingerprint density at radius 2 is 0.941 bits per heavy atom. The van der Waals surface area contributed by atoms with Gasteiger partial charge in [0.1, 0.15) is 0 Å². The van der Waals surface area contributed by atoms with E-state index < -0.39 is 0 Å². The zero-order valence-electron chi connectivity index (χ0n) is 36.5. The van der Waals surface area contributed by atoms with Gasteiger partial charge in [-0.1, -0.05) is 152 Å². The molecule has 2 aromatic heterocycles. The van der Waals surface area contributed by atoms with E-state index in [4.69, 9.17) is 23.1 Å². The van der Waals surface area contributed by atoms with Gasteiger partial charge in [-0.25, -0.2) is 19.7 Å².